The number of rotatable bonds is 13. The van der Waals surface area contributed by atoms with Crippen LogP contribution in [0.3, 0.4) is 0 Å². The second-order valence-electron chi connectivity index (χ2n) is 9.81. The number of halogens is 1. The van der Waals surface area contributed by atoms with E-state index in [1.165, 1.54) is 0 Å². The van der Waals surface area contributed by atoms with Crippen molar-refractivity contribution in [1.29, 1.82) is 0 Å². The molecule has 4 aromatic rings. The molecular weight excluding hydrogens is 507 g/mol. The number of ether oxygens (including phenoxy) is 5. The third kappa shape index (κ3) is 8.07. The minimum atomic E-state index is -1.72. The highest BCUT2D eigenvalue weighted by molar-refractivity contribution is 5.16. The number of hydrogen-bond acceptors (Lipinski definition) is 5. The first kappa shape index (κ1) is 28.1. The fraction of sp³-hybridized carbons (Fsp3) is 0.294. The zero-order valence-electron chi connectivity index (χ0n) is 22.4. The average Bonchev–Trinajstić information content (AvgIpc) is 3.01. The van der Waals surface area contributed by atoms with E-state index in [1.54, 1.807) is 0 Å². The van der Waals surface area contributed by atoms with Gasteiger partial charge < -0.3 is 23.7 Å². The Morgan fingerprint density at radius 1 is 0.475 bits per heavy atom. The van der Waals surface area contributed by atoms with Gasteiger partial charge in [-0.1, -0.05) is 121 Å². The zero-order chi connectivity index (χ0) is 27.4. The van der Waals surface area contributed by atoms with Crippen LogP contribution in [-0.2, 0) is 50.1 Å². The van der Waals surface area contributed by atoms with E-state index in [2.05, 4.69) is 0 Å². The van der Waals surface area contributed by atoms with Crippen LogP contribution in [-0.4, -0.2) is 37.4 Å². The summed E-state index contributed by atoms with van der Waals surface area (Å²) in [5, 5.41) is 0. The van der Waals surface area contributed by atoms with Gasteiger partial charge in [0.05, 0.1) is 33.0 Å². The van der Waals surface area contributed by atoms with Crippen LogP contribution in [0.2, 0.25) is 0 Å². The molecule has 0 aromatic heterocycles. The molecule has 0 radical (unpaired) electrons. The first-order valence-electron chi connectivity index (χ1n) is 13.6. The summed E-state index contributed by atoms with van der Waals surface area (Å²) in [7, 11) is 0. The van der Waals surface area contributed by atoms with Crippen molar-refractivity contribution >= 4 is 0 Å². The van der Waals surface area contributed by atoms with E-state index in [1.807, 2.05) is 121 Å². The Labute approximate surface area is 235 Å². The molecule has 0 spiro atoms. The summed E-state index contributed by atoms with van der Waals surface area (Å²) in [4.78, 5) is 0. The Balaban J connectivity index is 1.36. The van der Waals surface area contributed by atoms with Crippen LogP contribution in [0.4, 0.5) is 4.39 Å². The Morgan fingerprint density at radius 2 is 0.850 bits per heavy atom. The summed E-state index contributed by atoms with van der Waals surface area (Å²) in [5.74, 6) is 0. The Morgan fingerprint density at radius 3 is 1.30 bits per heavy atom. The van der Waals surface area contributed by atoms with Crippen molar-refractivity contribution in [1.82, 2.24) is 0 Å². The summed E-state index contributed by atoms with van der Waals surface area (Å²) < 4.78 is 46.6. The second kappa shape index (κ2) is 14.8. The van der Waals surface area contributed by atoms with Gasteiger partial charge in [0.1, 0.15) is 24.4 Å². The second-order valence-corrected chi connectivity index (χ2v) is 9.81. The predicted octanol–water partition coefficient (Wildman–Crippen LogP) is 6.65. The molecule has 6 heteroatoms. The van der Waals surface area contributed by atoms with Crippen LogP contribution in [0.15, 0.2) is 121 Å². The van der Waals surface area contributed by atoms with Crippen LogP contribution in [0, 0.1) is 0 Å². The molecule has 1 aliphatic rings. The first-order chi connectivity index (χ1) is 19.8. The molecule has 5 atom stereocenters. The molecule has 1 aliphatic heterocycles. The molecule has 4 aromatic carbocycles. The molecule has 1 heterocycles. The number of alkyl halides is 1. The topological polar surface area (TPSA) is 46.2 Å². The summed E-state index contributed by atoms with van der Waals surface area (Å²) >= 11 is 0. The van der Waals surface area contributed by atoms with Gasteiger partial charge in [-0.15, -0.1) is 0 Å². The van der Waals surface area contributed by atoms with Gasteiger partial charge in [0, 0.05) is 0 Å². The van der Waals surface area contributed by atoms with Gasteiger partial charge in [-0.3, -0.25) is 0 Å². The molecule has 1 saturated heterocycles. The minimum Gasteiger partial charge on any atom is -0.374 e. The van der Waals surface area contributed by atoms with Gasteiger partial charge in [0.25, 0.3) is 0 Å². The molecule has 1 fully saturated rings. The van der Waals surface area contributed by atoms with Crippen LogP contribution in [0.5, 0.6) is 0 Å². The van der Waals surface area contributed by atoms with Crippen LogP contribution >= 0.6 is 0 Å². The highest BCUT2D eigenvalue weighted by Crippen LogP contribution is 2.31. The van der Waals surface area contributed by atoms with E-state index >= 15 is 4.39 Å². The molecular formula is C34H35FO5. The van der Waals surface area contributed by atoms with Gasteiger partial charge in [-0.25, -0.2) is 4.39 Å². The molecule has 0 amide bonds. The molecule has 3 unspecified atom stereocenters. The van der Waals surface area contributed by atoms with E-state index in [4.69, 9.17) is 23.7 Å². The van der Waals surface area contributed by atoms with E-state index in [0.717, 1.165) is 22.3 Å². The van der Waals surface area contributed by atoms with Crippen molar-refractivity contribution in [3.8, 4) is 0 Å². The van der Waals surface area contributed by atoms with Crippen molar-refractivity contribution in [2.24, 2.45) is 0 Å². The quantitative estimate of drug-likeness (QED) is 0.189. The maximum atomic E-state index is 15.7. The monoisotopic (exact) mass is 542 g/mol. The van der Waals surface area contributed by atoms with Gasteiger partial charge >= 0.3 is 0 Å². The zero-order valence-corrected chi connectivity index (χ0v) is 22.4. The summed E-state index contributed by atoms with van der Waals surface area (Å²) in [6.07, 6.45) is -4.77. The normalized spacial score (nSPS) is 22.7. The van der Waals surface area contributed by atoms with Crippen molar-refractivity contribution in [2.45, 2.75) is 57.2 Å². The molecule has 0 bridgehead atoms. The van der Waals surface area contributed by atoms with Crippen LogP contribution < -0.4 is 0 Å². The lowest BCUT2D eigenvalue weighted by molar-refractivity contribution is -0.298. The van der Waals surface area contributed by atoms with E-state index in [0.29, 0.717) is 13.2 Å². The molecule has 208 valence electrons. The maximum absolute atomic E-state index is 15.7. The standard InChI is InChI=1S/C34H35FO5/c35-34-33(39-24-29-19-11-4-12-20-29)32(38-23-28-17-9-3-10-18-28)31(37-22-27-15-7-2-8-16-27)30(40-34)25-36-21-26-13-5-1-6-14-26/h1-20,30-34H,21-25H2/t30?,31-,32?,33?,34+/m1/s1. The third-order valence-corrected chi connectivity index (χ3v) is 6.83. The molecule has 0 N–H and O–H groups in total. The predicted molar refractivity (Wildman–Crippen MR) is 151 cm³/mol. The summed E-state index contributed by atoms with van der Waals surface area (Å²) in [6, 6.07) is 39.2. The van der Waals surface area contributed by atoms with Crippen molar-refractivity contribution < 1.29 is 28.1 Å². The molecule has 0 saturated carbocycles. The lowest BCUT2D eigenvalue weighted by atomic mass is 9.98. The van der Waals surface area contributed by atoms with Gasteiger partial charge in [-0.2, -0.15) is 0 Å². The van der Waals surface area contributed by atoms with Crippen molar-refractivity contribution in [3.63, 3.8) is 0 Å². The van der Waals surface area contributed by atoms with Crippen LogP contribution in [0.25, 0.3) is 0 Å². The third-order valence-electron chi connectivity index (χ3n) is 6.83. The maximum Gasteiger partial charge on any atom is 0.228 e. The minimum absolute atomic E-state index is 0.144. The summed E-state index contributed by atoms with van der Waals surface area (Å²) in [6.45, 7) is 1.35. The highest BCUT2D eigenvalue weighted by atomic mass is 19.1. The SMILES string of the molecule is F[C@H]1OC(COCc2ccccc2)[C@@H](OCc2ccccc2)C(OCc2ccccc2)C1OCc1ccccc1. The first-order valence-corrected chi connectivity index (χ1v) is 13.6. The Kier molecular flexibility index (Phi) is 10.4. The number of benzene rings is 4. The lowest BCUT2D eigenvalue weighted by Crippen LogP contribution is -2.60. The lowest BCUT2D eigenvalue weighted by Gasteiger charge is -2.43. The molecule has 5 rings (SSSR count). The number of hydrogen-bond donors (Lipinski definition) is 0. The Hall–Kier alpha value is -3.39. The highest BCUT2D eigenvalue weighted by Gasteiger charge is 2.48. The van der Waals surface area contributed by atoms with Gasteiger partial charge in [0.15, 0.2) is 0 Å². The van der Waals surface area contributed by atoms with Crippen LogP contribution in [0.1, 0.15) is 22.3 Å². The van der Waals surface area contributed by atoms with E-state index in [9.17, 15) is 0 Å². The summed E-state index contributed by atoms with van der Waals surface area (Å²) in [5.41, 5.74) is 3.94. The fourth-order valence-electron chi connectivity index (χ4n) is 4.73. The van der Waals surface area contributed by atoms with Crippen molar-refractivity contribution in [2.75, 3.05) is 6.61 Å². The van der Waals surface area contributed by atoms with Gasteiger partial charge in [0.2, 0.25) is 6.36 Å². The molecule has 40 heavy (non-hydrogen) atoms. The molecule has 0 aliphatic carbocycles. The fourth-order valence-corrected chi connectivity index (χ4v) is 4.73. The molecule has 5 nitrogen and oxygen atoms in total. The van der Waals surface area contributed by atoms with E-state index in [-0.39, 0.29) is 19.8 Å². The van der Waals surface area contributed by atoms with E-state index < -0.39 is 30.8 Å². The largest absolute Gasteiger partial charge is 0.374 e. The van der Waals surface area contributed by atoms with Gasteiger partial charge in [-0.05, 0) is 22.3 Å². The Bertz CT molecular complexity index is 1240. The smallest absolute Gasteiger partial charge is 0.228 e. The van der Waals surface area contributed by atoms with Crippen molar-refractivity contribution in [3.05, 3.63) is 144 Å². The average molecular weight is 543 g/mol.